The summed E-state index contributed by atoms with van der Waals surface area (Å²) in [4.78, 5) is 14.7. The van der Waals surface area contributed by atoms with Crippen LogP contribution in [0.4, 0.5) is 4.39 Å². The maximum Gasteiger partial charge on any atom is 0.193 e. The van der Waals surface area contributed by atoms with Gasteiger partial charge in [-0.15, -0.1) is 0 Å². The van der Waals surface area contributed by atoms with E-state index in [0.29, 0.717) is 5.56 Å². The average molecular weight is 304 g/mol. The van der Waals surface area contributed by atoms with E-state index in [9.17, 15) is 9.18 Å². The Kier molecular flexibility index (Phi) is 4.04. The molecule has 1 saturated heterocycles. The van der Waals surface area contributed by atoms with Gasteiger partial charge in [0, 0.05) is 22.7 Å². The molecular formula is C17H15ClFNO. The summed E-state index contributed by atoms with van der Waals surface area (Å²) in [5.41, 5.74) is 2.00. The normalized spacial score (nSPS) is 14.8. The number of hydrogen-bond acceptors (Lipinski definition) is 2. The molecule has 108 valence electrons. The fraction of sp³-hybridized carbons (Fsp3) is 0.235. The molecule has 0 aromatic heterocycles. The molecule has 3 rings (SSSR count). The number of hydrogen-bond donors (Lipinski definition) is 0. The molecule has 1 heterocycles. The molecule has 21 heavy (non-hydrogen) atoms. The van der Waals surface area contributed by atoms with Gasteiger partial charge < -0.3 is 0 Å². The Morgan fingerprint density at radius 3 is 2.38 bits per heavy atom. The molecule has 1 aliphatic heterocycles. The number of rotatable bonds is 4. The molecule has 0 spiro atoms. The molecule has 0 aliphatic carbocycles. The zero-order valence-corrected chi connectivity index (χ0v) is 12.2. The number of halogens is 2. The van der Waals surface area contributed by atoms with E-state index < -0.39 is 5.82 Å². The van der Waals surface area contributed by atoms with Crippen LogP contribution in [0.25, 0.3) is 0 Å². The van der Waals surface area contributed by atoms with Crippen LogP contribution in [0.1, 0.15) is 27.9 Å². The van der Waals surface area contributed by atoms with Crippen molar-refractivity contribution in [3.05, 3.63) is 70.0 Å². The number of ketones is 1. The van der Waals surface area contributed by atoms with Crippen molar-refractivity contribution in [2.75, 3.05) is 13.1 Å². The Morgan fingerprint density at radius 1 is 1.10 bits per heavy atom. The molecule has 2 aromatic carbocycles. The number of carbonyl (C=O) groups is 1. The maximum atomic E-state index is 13.3. The lowest BCUT2D eigenvalue weighted by Crippen LogP contribution is -2.36. The molecule has 0 bridgehead atoms. The first-order valence-corrected chi connectivity index (χ1v) is 7.32. The summed E-state index contributed by atoms with van der Waals surface area (Å²) in [6.07, 6.45) is 1.26. The quantitative estimate of drug-likeness (QED) is 0.798. The Labute approximate surface area is 128 Å². The highest BCUT2D eigenvalue weighted by molar-refractivity contribution is 6.31. The highest BCUT2D eigenvalue weighted by Gasteiger charge is 2.15. The summed E-state index contributed by atoms with van der Waals surface area (Å²) in [5, 5.41) is 0.229. The molecular weight excluding hydrogens is 289 g/mol. The molecule has 2 aromatic rings. The number of carbonyl (C=O) groups excluding carboxylic acids is 1. The molecule has 2 nitrogen and oxygen atoms in total. The lowest BCUT2D eigenvalue weighted by molar-refractivity contribution is 0.103. The summed E-state index contributed by atoms with van der Waals surface area (Å²) in [6.45, 7) is 3.20. The second-order valence-electron chi connectivity index (χ2n) is 5.31. The van der Waals surface area contributed by atoms with Crippen LogP contribution in [0.15, 0.2) is 42.5 Å². The van der Waals surface area contributed by atoms with Crippen LogP contribution >= 0.6 is 11.6 Å². The van der Waals surface area contributed by atoms with Gasteiger partial charge in [-0.1, -0.05) is 35.9 Å². The molecule has 0 radical (unpaired) electrons. The van der Waals surface area contributed by atoms with Gasteiger partial charge in [0.05, 0.1) is 0 Å². The summed E-state index contributed by atoms with van der Waals surface area (Å²) < 4.78 is 13.3. The molecule has 0 unspecified atom stereocenters. The van der Waals surface area contributed by atoms with Crippen LogP contribution in [-0.4, -0.2) is 23.8 Å². The van der Waals surface area contributed by atoms with E-state index in [1.807, 2.05) is 12.1 Å². The lowest BCUT2D eigenvalue weighted by atomic mass is 10.0. The van der Waals surface area contributed by atoms with Crippen LogP contribution in [0.2, 0.25) is 5.02 Å². The van der Waals surface area contributed by atoms with Gasteiger partial charge in [0.15, 0.2) is 5.78 Å². The topological polar surface area (TPSA) is 20.3 Å². The van der Waals surface area contributed by atoms with Gasteiger partial charge in [0.25, 0.3) is 0 Å². The van der Waals surface area contributed by atoms with Crippen LogP contribution < -0.4 is 0 Å². The lowest BCUT2D eigenvalue weighted by Gasteiger charge is -2.30. The third-order valence-corrected chi connectivity index (χ3v) is 3.91. The first kappa shape index (κ1) is 14.2. The smallest absolute Gasteiger partial charge is 0.193 e. The van der Waals surface area contributed by atoms with E-state index in [1.165, 1.54) is 30.2 Å². The van der Waals surface area contributed by atoms with E-state index >= 15 is 0 Å². The second kappa shape index (κ2) is 5.96. The van der Waals surface area contributed by atoms with Crippen molar-refractivity contribution in [3.63, 3.8) is 0 Å². The van der Waals surface area contributed by atoms with Crippen molar-refractivity contribution in [2.24, 2.45) is 0 Å². The van der Waals surface area contributed by atoms with E-state index in [1.54, 1.807) is 12.1 Å². The predicted octanol–water partition coefficient (Wildman–Crippen LogP) is 3.92. The van der Waals surface area contributed by atoms with Crippen molar-refractivity contribution in [1.82, 2.24) is 4.90 Å². The third-order valence-electron chi connectivity index (χ3n) is 3.70. The zero-order valence-electron chi connectivity index (χ0n) is 11.5. The van der Waals surface area contributed by atoms with E-state index in [-0.39, 0.29) is 16.4 Å². The van der Waals surface area contributed by atoms with Crippen molar-refractivity contribution in [3.8, 4) is 0 Å². The summed E-state index contributed by atoms with van der Waals surface area (Å²) in [7, 11) is 0. The zero-order chi connectivity index (χ0) is 14.8. The van der Waals surface area contributed by atoms with Gasteiger partial charge in [-0.3, -0.25) is 9.69 Å². The SMILES string of the molecule is O=C(c1ccc(CN2CCC2)cc1)c1cc(F)cc(Cl)c1. The highest BCUT2D eigenvalue weighted by atomic mass is 35.5. The average Bonchev–Trinajstić information content (AvgIpc) is 2.42. The first-order chi connectivity index (χ1) is 10.1. The molecule has 4 heteroatoms. The van der Waals surface area contributed by atoms with Crippen LogP contribution in [-0.2, 0) is 6.54 Å². The molecule has 1 aliphatic rings. The van der Waals surface area contributed by atoms with Gasteiger partial charge in [0.1, 0.15) is 5.82 Å². The van der Waals surface area contributed by atoms with Gasteiger partial charge in [0.2, 0.25) is 0 Å². The first-order valence-electron chi connectivity index (χ1n) is 6.94. The van der Waals surface area contributed by atoms with E-state index in [2.05, 4.69) is 4.90 Å². The van der Waals surface area contributed by atoms with E-state index in [4.69, 9.17) is 11.6 Å². The Morgan fingerprint density at radius 2 is 1.81 bits per heavy atom. The summed E-state index contributed by atoms with van der Waals surface area (Å²) in [6, 6.07) is 11.4. The molecule has 1 fully saturated rings. The predicted molar refractivity (Wildman–Crippen MR) is 81.2 cm³/mol. The Balaban J connectivity index is 1.77. The summed E-state index contributed by atoms with van der Waals surface area (Å²) in [5.74, 6) is -0.716. The highest BCUT2D eigenvalue weighted by Crippen LogP contribution is 2.19. The van der Waals surface area contributed by atoms with Crippen LogP contribution in [0.5, 0.6) is 0 Å². The number of likely N-dealkylation sites (tertiary alicyclic amines) is 1. The molecule has 0 amide bonds. The van der Waals surface area contributed by atoms with Gasteiger partial charge in [-0.25, -0.2) is 4.39 Å². The fourth-order valence-electron chi connectivity index (χ4n) is 2.41. The van der Waals surface area contributed by atoms with Gasteiger partial charge in [-0.05, 0) is 43.3 Å². The van der Waals surface area contributed by atoms with Crippen LogP contribution in [0, 0.1) is 5.82 Å². The van der Waals surface area contributed by atoms with Crippen LogP contribution in [0.3, 0.4) is 0 Å². The van der Waals surface area contributed by atoms with Crippen molar-refractivity contribution >= 4 is 17.4 Å². The standard InChI is InChI=1S/C17H15ClFNO/c18-15-8-14(9-16(19)10-15)17(21)13-4-2-12(3-5-13)11-20-6-1-7-20/h2-5,8-10H,1,6-7,11H2. The van der Waals surface area contributed by atoms with E-state index in [0.717, 1.165) is 19.6 Å². The Hall–Kier alpha value is -1.71. The number of nitrogens with zero attached hydrogens (tertiary/aromatic N) is 1. The fourth-order valence-corrected chi connectivity index (χ4v) is 2.63. The number of benzene rings is 2. The third kappa shape index (κ3) is 3.31. The Bertz CT molecular complexity index is 645. The van der Waals surface area contributed by atoms with Gasteiger partial charge >= 0.3 is 0 Å². The largest absolute Gasteiger partial charge is 0.299 e. The minimum Gasteiger partial charge on any atom is -0.299 e. The molecule has 0 saturated carbocycles. The van der Waals surface area contributed by atoms with Crippen molar-refractivity contribution in [2.45, 2.75) is 13.0 Å². The van der Waals surface area contributed by atoms with Crippen molar-refractivity contribution < 1.29 is 9.18 Å². The molecule has 0 N–H and O–H groups in total. The second-order valence-corrected chi connectivity index (χ2v) is 5.75. The van der Waals surface area contributed by atoms with Gasteiger partial charge in [-0.2, -0.15) is 0 Å². The summed E-state index contributed by atoms with van der Waals surface area (Å²) >= 11 is 5.79. The minimum absolute atomic E-state index is 0.216. The molecule has 0 atom stereocenters. The minimum atomic E-state index is -0.500. The maximum absolute atomic E-state index is 13.3. The van der Waals surface area contributed by atoms with Crippen molar-refractivity contribution in [1.29, 1.82) is 0 Å². The monoisotopic (exact) mass is 303 g/mol.